The molecule has 0 unspecified atom stereocenters. The zero-order valence-corrected chi connectivity index (χ0v) is 16.0. The van der Waals surface area contributed by atoms with Crippen LogP contribution in [-0.2, 0) is 6.42 Å². The summed E-state index contributed by atoms with van der Waals surface area (Å²) in [6.07, 6.45) is 2.13. The fourth-order valence-electron chi connectivity index (χ4n) is 2.56. The van der Waals surface area contributed by atoms with E-state index >= 15 is 0 Å². The van der Waals surface area contributed by atoms with Crippen LogP contribution in [0.2, 0.25) is 0 Å². The summed E-state index contributed by atoms with van der Waals surface area (Å²) in [5.41, 5.74) is 6.39. The van der Waals surface area contributed by atoms with Gasteiger partial charge in [-0.15, -0.1) is 0 Å². The molecule has 0 atom stereocenters. The van der Waals surface area contributed by atoms with E-state index in [1.165, 1.54) is 22.3 Å². The van der Waals surface area contributed by atoms with Crippen LogP contribution >= 0.6 is 12.2 Å². The topological polar surface area (TPSA) is 24.1 Å². The number of nitrogens with one attached hydrogen (secondary N) is 2. The van der Waals surface area contributed by atoms with E-state index in [1.54, 1.807) is 0 Å². The first-order valence-corrected chi connectivity index (χ1v) is 9.07. The lowest BCUT2D eigenvalue weighted by molar-refractivity contribution is 0.776. The molecule has 0 aromatic heterocycles. The third-order valence-electron chi connectivity index (χ3n) is 4.34. The first kappa shape index (κ1) is 18.5. The molecule has 0 heterocycles. The quantitative estimate of drug-likeness (QED) is 0.548. The molecule has 0 spiro atoms. The van der Waals surface area contributed by atoms with Crippen molar-refractivity contribution in [3.05, 3.63) is 64.7 Å². The van der Waals surface area contributed by atoms with Crippen LogP contribution in [0.25, 0.3) is 0 Å². The van der Waals surface area contributed by atoms with Crippen LogP contribution < -0.4 is 10.6 Å². The fraction of sp³-hybridized carbons (Fsp3) is 0.381. The first-order chi connectivity index (χ1) is 11.5. The molecule has 0 amide bonds. The van der Waals surface area contributed by atoms with E-state index in [9.17, 15) is 0 Å². The molecule has 128 valence electrons. The van der Waals surface area contributed by atoms with Crippen LogP contribution in [0.1, 0.15) is 48.4 Å². The van der Waals surface area contributed by atoms with Crippen molar-refractivity contribution in [2.75, 3.05) is 11.9 Å². The highest BCUT2D eigenvalue weighted by Gasteiger charge is 2.01. The molecule has 2 rings (SSSR count). The number of hydrogen-bond donors (Lipinski definition) is 2. The van der Waals surface area contributed by atoms with E-state index in [4.69, 9.17) is 12.2 Å². The van der Waals surface area contributed by atoms with Crippen molar-refractivity contribution in [1.29, 1.82) is 0 Å². The first-order valence-electron chi connectivity index (χ1n) is 8.66. The van der Waals surface area contributed by atoms with Crippen LogP contribution in [0.15, 0.2) is 42.5 Å². The van der Waals surface area contributed by atoms with Crippen molar-refractivity contribution >= 4 is 23.0 Å². The summed E-state index contributed by atoms with van der Waals surface area (Å²) < 4.78 is 0. The molecule has 0 saturated carbocycles. The molecule has 24 heavy (non-hydrogen) atoms. The number of rotatable bonds is 6. The summed E-state index contributed by atoms with van der Waals surface area (Å²) in [5.74, 6) is 0.592. The maximum absolute atomic E-state index is 5.37. The largest absolute Gasteiger partial charge is 0.362 e. The van der Waals surface area contributed by atoms with Crippen molar-refractivity contribution in [1.82, 2.24) is 5.32 Å². The third-order valence-corrected chi connectivity index (χ3v) is 4.59. The van der Waals surface area contributed by atoms with Gasteiger partial charge in [-0.05, 0) is 79.2 Å². The second-order valence-electron chi connectivity index (χ2n) is 6.68. The average Bonchev–Trinajstić information content (AvgIpc) is 2.55. The zero-order valence-electron chi connectivity index (χ0n) is 15.1. The molecule has 0 aliphatic rings. The zero-order chi connectivity index (χ0) is 17.5. The van der Waals surface area contributed by atoms with Crippen molar-refractivity contribution < 1.29 is 0 Å². The van der Waals surface area contributed by atoms with Crippen molar-refractivity contribution in [2.24, 2.45) is 0 Å². The Morgan fingerprint density at radius 1 is 1.00 bits per heavy atom. The van der Waals surface area contributed by atoms with Crippen LogP contribution in [0, 0.1) is 13.8 Å². The Morgan fingerprint density at radius 3 is 2.33 bits per heavy atom. The second kappa shape index (κ2) is 8.84. The van der Waals surface area contributed by atoms with Gasteiger partial charge in [0.05, 0.1) is 0 Å². The summed E-state index contributed by atoms with van der Waals surface area (Å²) in [4.78, 5) is 0. The van der Waals surface area contributed by atoms with Crippen LogP contribution in [0.4, 0.5) is 5.69 Å². The molecule has 2 nitrogen and oxygen atoms in total. The molecule has 0 aliphatic heterocycles. The van der Waals surface area contributed by atoms with Crippen molar-refractivity contribution in [2.45, 2.75) is 46.5 Å². The van der Waals surface area contributed by atoms with Gasteiger partial charge >= 0.3 is 0 Å². The van der Waals surface area contributed by atoms with Gasteiger partial charge < -0.3 is 10.6 Å². The lowest BCUT2D eigenvalue weighted by Gasteiger charge is -2.12. The summed E-state index contributed by atoms with van der Waals surface area (Å²) in [6, 6.07) is 15.2. The van der Waals surface area contributed by atoms with E-state index in [1.807, 2.05) is 0 Å². The van der Waals surface area contributed by atoms with Crippen LogP contribution in [0.5, 0.6) is 0 Å². The summed E-state index contributed by atoms with van der Waals surface area (Å²) in [5, 5.41) is 7.22. The monoisotopic (exact) mass is 340 g/mol. The van der Waals surface area contributed by atoms with Crippen molar-refractivity contribution in [3.8, 4) is 0 Å². The molecule has 2 N–H and O–H groups in total. The van der Waals surface area contributed by atoms with Gasteiger partial charge in [-0.1, -0.05) is 44.2 Å². The highest BCUT2D eigenvalue weighted by molar-refractivity contribution is 7.80. The Morgan fingerprint density at radius 2 is 1.71 bits per heavy atom. The fourth-order valence-corrected chi connectivity index (χ4v) is 2.78. The second-order valence-corrected chi connectivity index (χ2v) is 7.09. The highest BCUT2D eigenvalue weighted by atomic mass is 32.1. The smallest absolute Gasteiger partial charge is 0.170 e. The van der Waals surface area contributed by atoms with E-state index in [0.717, 1.165) is 25.1 Å². The molecule has 0 radical (unpaired) electrons. The summed E-state index contributed by atoms with van der Waals surface area (Å²) in [7, 11) is 0. The lowest BCUT2D eigenvalue weighted by atomic mass is 10.0. The Kier molecular flexibility index (Phi) is 6.80. The minimum Gasteiger partial charge on any atom is -0.362 e. The van der Waals surface area contributed by atoms with Gasteiger partial charge in [-0.3, -0.25) is 0 Å². The van der Waals surface area contributed by atoms with Gasteiger partial charge in [-0.2, -0.15) is 0 Å². The molecule has 0 fully saturated rings. The SMILES string of the molecule is Cc1ccc(NC(=S)NCCCc2ccc(C(C)C)cc2)cc1C. The van der Waals surface area contributed by atoms with Gasteiger partial charge in [0.15, 0.2) is 5.11 Å². The third kappa shape index (κ3) is 5.64. The Bertz CT molecular complexity index is 675. The molecular formula is C21H28N2S. The Hall–Kier alpha value is -1.87. The van der Waals surface area contributed by atoms with Gasteiger partial charge in [0.2, 0.25) is 0 Å². The van der Waals surface area contributed by atoms with Crippen molar-refractivity contribution in [3.63, 3.8) is 0 Å². The minimum atomic E-state index is 0.592. The summed E-state index contributed by atoms with van der Waals surface area (Å²) in [6.45, 7) is 9.55. The molecule has 0 saturated heterocycles. The standard InChI is InChI=1S/C21H28N2S/c1-15(2)19-10-8-18(9-11-19)6-5-13-22-21(24)23-20-12-7-16(3)17(4)14-20/h7-12,14-15H,5-6,13H2,1-4H3,(H2,22,23,24). The number of thiocarbonyl (C=S) groups is 1. The lowest BCUT2D eigenvalue weighted by Crippen LogP contribution is -2.29. The number of anilines is 1. The normalized spacial score (nSPS) is 10.7. The van der Waals surface area contributed by atoms with E-state index < -0.39 is 0 Å². The Labute approximate surface area is 151 Å². The van der Waals surface area contributed by atoms with Crippen LogP contribution in [-0.4, -0.2) is 11.7 Å². The number of benzene rings is 2. The predicted molar refractivity (Wildman–Crippen MR) is 109 cm³/mol. The molecule has 2 aromatic rings. The van der Waals surface area contributed by atoms with Gasteiger partial charge in [0.1, 0.15) is 0 Å². The van der Waals surface area contributed by atoms with E-state index in [2.05, 4.69) is 80.8 Å². The van der Waals surface area contributed by atoms with E-state index in [0.29, 0.717) is 11.0 Å². The minimum absolute atomic E-state index is 0.592. The highest BCUT2D eigenvalue weighted by Crippen LogP contribution is 2.15. The molecule has 2 aromatic carbocycles. The molecule has 0 bridgehead atoms. The molecule has 3 heteroatoms. The van der Waals surface area contributed by atoms with Gasteiger partial charge in [0, 0.05) is 12.2 Å². The number of hydrogen-bond acceptors (Lipinski definition) is 1. The van der Waals surface area contributed by atoms with Gasteiger partial charge in [0.25, 0.3) is 0 Å². The maximum atomic E-state index is 5.37. The van der Waals surface area contributed by atoms with E-state index in [-0.39, 0.29) is 0 Å². The molecular weight excluding hydrogens is 312 g/mol. The maximum Gasteiger partial charge on any atom is 0.170 e. The summed E-state index contributed by atoms with van der Waals surface area (Å²) >= 11 is 5.37. The van der Waals surface area contributed by atoms with Gasteiger partial charge in [-0.25, -0.2) is 0 Å². The Balaban J connectivity index is 1.71. The van der Waals surface area contributed by atoms with Crippen LogP contribution in [0.3, 0.4) is 0 Å². The predicted octanol–water partition coefficient (Wildman–Crippen LogP) is 5.35. The average molecular weight is 341 g/mol. The number of aryl methyl sites for hydroxylation is 3. The molecule has 0 aliphatic carbocycles.